The molecular formula is C78H91N3O7. The highest BCUT2D eigenvalue weighted by Gasteiger charge is 2.74. The first kappa shape index (κ1) is 56.1. The molecule has 2 heterocycles. The normalized spacial score (nSPS) is 39.7. The number of carbonyl (C=O) groups excluding carboxylic acids is 1. The molecule has 17 rings (SSSR count). The molecule has 7 fully saturated rings. The molecule has 15 atom stereocenters. The fourth-order valence-electron chi connectivity index (χ4n) is 23.7. The quantitative estimate of drug-likeness (QED) is 0.110. The summed E-state index contributed by atoms with van der Waals surface area (Å²) in [5.74, 6) is 8.12. The lowest BCUT2D eigenvalue weighted by molar-refractivity contribution is -0.239. The number of ether oxygens (including phenoxy) is 2. The van der Waals surface area contributed by atoms with Gasteiger partial charge in [-0.1, -0.05) is 129 Å². The second kappa shape index (κ2) is 20.6. The Morgan fingerprint density at radius 3 is 2.51 bits per heavy atom. The van der Waals surface area contributed by atoms with Gasteiger partial charge in [0, 0.05) is 70.1 Å². The maximum absolute atomic E-state index is 16.1. The van der Waals surface area contributed by atoms with E-state index in [0.717, 1.165) is 129 Å². The number of aliphatic hydroxyl groups is 2. The lowest BCUT2D eigenvalue weighted by atomic mass is 9.33. The van der Waals surface area contributed by atoms with E-state index in [-0.39, 0.29) is 108 Å². The van der Waals surface area contributed by atoms with Crippen molar-refractivity contribution >= 4 is 11.7 Å². The van der Waals surface area contributed by atoms with E-state index in [1.165, 1.54) is 48.8 Å². The molecular weight excluding hydrogens is 1090 g/mol. The predicted molar refractivity (Wildman–Crippen MR) is 342 cm³/mol. The highest BCUT2D eigenvalue weighted by molar-refractivity contribution is 5.98. The Morgan fingerprint density at radius 2 is 1.68 bits per heavy atom. The number of Topliss-reactive ketones (excluding diaryl/α,β-unsaturated/α-hetero) is 1. The van der Waals surface area contributed by atoms with E-state index >= 15 is 4.79 Å². The molecule has 15 bridgehead atoms. The van der Waals surface area contributed by atoms with E-state index in [4.69, 9.17) is 20.2 Å². The predicted octanol–water partition coefficient (Wildman–Crippen LogP) is 13.6. The van der Waals surface area contributed by atoms with Crippen LogP contribution in [0.15, 0.2) is 113 Å². The van der Waals surface area contributed by atoms with Gasteiger partial charge in [0.1, 0.15) is 5.75 Å². The topological polar surface area (TPSA) is 167 Å². The molecule has 2 aliphatic heterocycles. The largest absolute Gasteiger partial charge is 0.508 e. The number of fused-ring (bicyclic) bond motifs is 10. The van der Waals surface area contributed by atoms with Gasteiger partial charge in [0.25, 0.3) is 0 Å². The number of aliphatic hydroxyl groups excluding tert-OH is 2. The molecule has 0 amide bonds. The zero-order chi connectivity index (χ0) is 59.5. The first-order valence-corrected chi connectivity index (χ1v) is 34.8. The van der Waals surface area contributed by atoms with E-state index in [1.807, 2.05) is 6.07 Å². The van der Waals surface area contributed by atoms with Crippen molar-refractivity contribution in [3.63, 3.8) is 0 Å². The van der Waals surface area contributed by atoms with Crippen molar-refractivity contribution in [3.8, 4) is 29.1 Å². The average molecular weight is 1180 g/mol. The van der Waals surface area contributed by atoms with Crippen molar-refractivity contribution in [3.05, 3.63) is 147 Å². The summed E-state index contributed by atoms with van der Waals surface area (Å²) in [5, 5.41) is 54.0. The number of hydrogen-bond acceptors (Lipinski definition) is 10. The molecule has 10 nitrogen and oxygen atoms in total. The minimum atomic E-state index is -0.752. The van der Waals surface area contributed by atoms with Gasteiger partial charge in [0.05, 0.1) is 36.5 Å². The number of benzene rings is 3. The number of phenols is 2. The van der Waals surface area contributed by atoms with Crippen molar-refractivity contribution in [2.45, 2.75) is 202 Å². The summed E-state index contributed by atoms with van der Waals surface area (Å²) in [4.78, 5) is 21.9. The van der Waals surface area contributed by atoms with Crippen molar-refractivity contribution in [1.82, 2.24) is 5.32 Å². The van der Waals surface area contributed by atoms with E-state index in [9.17, 15) is 20.4 Å². The summed E-state index contributed by atoms with van der Waals surface area (Å²) in [6, 6.07) is 17.4. The van der Waals surface area contributed by atoms with Gasteiger partial charge in [-0.15, -0.1) is 0 Å². The van der Waals surface area contributed by atoms with Crippen LogP contribution in [0, 0.1) is 75.4 Å². The molecule has 0 radical (unpaired) electrons. The highest BCUT2D eigenvalue weighted by Crippen LogP contribution is 2.79. The number of carbonyl (C=O) groups is 1. The van der Waals surface area contributed by atoms with E-state index in [0.29, 0.717) is 44.0 Å². The van der Waals surface area contributed by atoms with E-state index in [1.54, 1.807) is 0 Å². The van der Waals surface area contributed by atoms with Crippen molar-refractivity contribution in [2.75, 3.05) is 19.8 Å². The van der Waals surface area contributed by atoms with Crippen LogP contribution in [0.1, 0.15) is 205 Å². The molecule has 10 heteroatoms. The van der Waals surface area contributed by atoms with E-state index in [2.05, 4.69) is 109 Å². The minimum absolute atomic E-state index is 0.0510. The molecule has 14 aliphatic rings. The van der Waals surface area contributed by atoms with Crippen LogP contribution in [0.5, 0.6) is 17.2 Å². The van der Waals surface area contributed by atoms with Gasteiger partial charge in [-0.2, -0.15) is 0 Å². The number of nitrogens with zero attached hydrogens (tertiary/aromatic N) is 1. The van der Waals surface area contributed by atoms with Crippen LogP contribution in [0.3, 0.4) is 0 Å². The summed E-state index contributed by atoms with van der Waals surface area (Å²) >= 11 is 0. The zero-order valence-electron chi connectivity index (χ0n) is 51.7. The van der Waals surface area contributed by atoms with Gasteiger partial charge in [-0.25, -0.2) is 4.99 Å². The lowest BCUT2D eigenvalue weighted by Crippen LogP contribution is -2.70. The maximum atomic E-state index is 16.1. The van der Waals surface area contributed by atoms with Crippen LogP contribution in [0.2, 0.25) is 0 Å². The fourth-order valence-corrected chi connectivity index (χ4v) is 23.7. The summed E-state index contributed by atoms with van der Waals surface area (Å²) in [5.41, 5.74) is 14.9. The smallest absolute Gasteiger partial charge is 0.189 e. The molecule has 7 N–H and O–H groups in total. The van der Waals surface area contributed by atoms with Crippen LogP contribution in [-0.4, -0.2) is 69.7 Å². The third-order valence-electron chi connectivity index (χ3n) is 26.9. The van der Waals surface area contributed by atoms with Crippen molar-refractivity contribution in [2.24, 2.45) is 74.3 Å². The Labute approximate surface area is 520 Å². The summed E-state index contributed by atoms with van der Waals surface area (Å²) in [6.45, 7) is 2.89. The second-order valence-electron chi connectivity index (χ2n) is 31.2. The maximum Gasteiger partial charge on any atom is 0.189 e. The number of allylic oxidation sites excluding steroid dienone is 6. The first-order valence-electron chi connectivity index (χ1n) is 34.8. The Morgan fingerprint density at radius 1 is 0.852 bits per heavy atom. The Kier molecular flexibility index (Phi) is 13.1. The SMILES string of the molecule is C[C@@H]1C[C@]23C[C@H]4C5(CCCC5)CCO[C@]45C=C[C@@H]4[C@H]6C=C2[C@@]2(/C=C/[C@H]7C[C@H]8C[C@]9(CO)C=CCC[C@H]9C(CO)=C8C(=O)C[C@@H]7c7cc(OC8CCCC8)c(O)c(c7C#CC[C@H]4N=C(N)NC4(CCCCC4)c4cccc(c4)Cc4cc(O)cc2c4)[C@H]3[C@@H]65)C1. The number of phenolic OH excluding ortho intramolecular Hbond substituents is 2. The number of ketones is 1. The molecule has 6 saturated carbocycles. The van der Waals surface area contributed by atoms with E-state index < -0.39 is 33.3 Å². The Balaban J connectivity index is 1.01. The van der Waals surface area contributed by atoms with Gasteiger partial charge in [0.15, 0.2) is 23.2 Å². The molecule has 1 saturated heterocycles. The molecule has 88 heavy (non-hydrogen) atoms. The number of rotatable bonds is 4. The van der Waals surface area contributed by atoms with Gasteiger partial charge in [-0.05, 0) is 208 Å². The van der Waals surface area contributed by atoms with Crippen LogP contribution in [0.4, 0.5) is 0 Å². The molecule has 12 aliphatic carbocycles. The summed E-state index contributed by atoms with van der Waals surface area (Å²) < 4.78 is 15.2. The number of nitrogens with one attached hydrogen (secondary N) is 1. The third kappa shape index (κ3) is 8.15. The third-order valence-corrected chi connectivity index (χ3v) is 26.9. The monoisotopic (exact) mass is 1180 g/mol. The number of nitrogens with two attached hydrogens (primary N) is 1. The standard InChI is InChI=1S/C78H91N3O7/c1-46-40-75-27-20-49-35-50-42-74(45-83)24-8-5-18-61(74)60(44-82)67(50)63(85)37-57(49)58-38-64(88-54-15-3-4-16-54)71(86)68-56(58)17-12-19-62(80-72(79)81-77(25-6-2-7-26-77)51-14-11-13-47(32-51)31-48-33-52(75)36-53(84)34-48)55-21-28-78-66(73(29-30-87-78)22-9-10-23-73)43-76(41-46)65(75)39-59(55)69(78)70(68)76/h8,11,13-14,20-21,24,27-28,32-34,36,38-39,46,49-50,54-55,57,59,61-62,66,69-70,82-84,86H,2-7,9-10,15-16,18-19,22-23,25-26,29-31,35,37,40-45H2,1H3,(H3,79,80,81)/b27-20+/t46-,49-,50-,55+,57-,59+,61-,62+,66-,69+,70-,74-,75-,76-,78+/m0/s1. The average Bonchev–Trinajstić information content (AvgIpc) is 0.841. The van der Waals surface area contributed by atoms with Crippen LogP contribution >= 0.6 is 0 Å². The molecule has 3 aromatic carbocycles. The van der Waals surface area contributed by atoms with Crippen molar-refractivity contribution in [1.29, 1.82) is 0 Å². The van der Waals surface area contributed by atoms with Crippen LogP contribution in [-0.2, 0) is 26.9 Å². The summed E-state index contributed by atoms with van der Waals surface area (Å²) in [7, 11) is 0. The van der Waals surface area contributed by atoms with Crippen LogP contribution < -0.4 is 15.8 Å². The highest BCUT2D eigenvalue weighted by atomic mass is 16.5. The molecule has 0 aromatic heterocycles. The zero-order valence-corrected chi connectivity index (χ0v) is 51.7. The fraction of sp³-hybridized carbons (Fsp3) is 0.590. The minimum Gasteiger partial charge on any atom is -0.508 e. The molecule has 4 spiro atoms. The number of aromatic hydroxyl groups is 2. The molecule has 3 aromatic rings. The number of hydrogen-bond donors (Lipinski definition) is 6. The first-order chi connectivity index (χ1) is 42.8. The molecule has 0 unspecified atom stereocenters. The Hall–Kier alpha value is -5.86. The summed E-state index contributed by atoms with van der Waals surface area (Å²) in [6.07, 6.45) is 39.1. The lowest BCUT2D eigenvalue weighted by Gasteiger charge is -2.72. The van der Waals surface area contributed by atoms with Gasteiger partial charge >= 0.3 is 0 Å². The van der Waals surface area contributed by atoms with Crippen molar-refractivity contribution < 1.29 is 34.7 Å². The number of aliphatic imine (C=N–C) groups is 1. The molecule has 460 valence electrons. The second-order valence-corrected chi connectivity index (χ2v) is 31.2. The number of guanidine groups is 1. The van der Waals surface area contributed by atoms with Gasteiger partial charge in [-0.3, -0.25) is 4.79 Å². The van der Waals surface area contributed by atoms with Crippen LogP contribution in [0.25, 0.3) is 0 Å². The van der Waals surface area contributed by atoms with Gasteiger partial charge in [0.2, 0.25) is 0 Å². The van der Waals surface area contributed by atoms with Gasteiger partial charge < -0.3 is 41.0 Å². The Bertz CT molecular complexity index is 3650.